The molecule has 0 amide bonds. The lowest BCUT2D eigenvalue weighted by molar-refractivity contribution is -0.137. The molecular weight excluding hydrogens is 405 g/mol. The van der Waals surface area contributed by atoms with Gasteiger partial charge in [0.15, 0.2) is 5.76 Å². The van der Waals surface area contributed by atoms with Gasteiger partial charge in [-0.15, -0.1) is 0 Å². The molecule has 0 atom stereocenters. The summed E-state index contributed by atoms with van der Waals surface area (Å²) in [5.41, 5.74) is -0.218. The van der Waals surface area contributed by atoms with Crippen LogP contribution in [0.5, 0.6) is 0 Å². The Morgan fingerprint density at radius 3 is 2.21 bits per heavy atom. The quantitative estimate of drug-likeness (QED) is 0.402. The van der Waals surface area contributed by atoms with Crippen LogP contribution in [0.3, 0.4) is 0 Å². The van der Waals surface area contributed by atoms with Crippen LogP contribution in [0.15, 0.2) is 42.5 Å². The van der Waals surface area contributed by atoms with E-state index in [9.17, 15) is 26.9 Å². The van der Waals surface area contributed by atoms with Gasteiger partial charge in [-0.05, 0) is 31.0 Å². The Bertz CT molecular complexity index is 1100. The minimum absolute atomic E-state index is 0.277. The first-order chi connectivity index (χ1) is 13.4. The third-order valence-corrected chi connectivity index (χ3v) is 5.37. The van der Waals surface area contributed by atoms with Crippen LogP contribution in [0, 0.1) is 25.2 Å². The van der Waals surface area contributed by atoms with Crippen molar-refractivity contribution in [3.8, 4) is 6.07 Å². The van der Waals surface area contributed by atoms with E-state index in [1.807, 2.05) is 13.0 Å². The SMILES string of the molecule is Cc1ccc(C(C#N)=C(OS(=O)(=O)N(C)C)c2ccccc2C(F)(F)F)c(C)c1. The number of hydrogen-bond donors (Lipinski definition) is 0. The fourth-order valence-corrected chi connectivity index (χ4v) is 3.19. The summed E-state index contributed by atoms with van der Waals surface area (Å²) in [7, 11) is -2.09. The maximum Gasteiger partial charge on any atom is 0.417 e. The van der Waals surface area contributed by atoms with Crippen molar-refractivity contribution in [2.24, 2.45) is 0 Å². The van der Waals surface area contributed by atoms with Gasteiger partial charge >= 0.3 is 16.5 Å². The van der Waals surface area contributed by atoms with Gasteiger partial charge in [0.25, 0.3) is 0 Å². The zero-order valence-corrected chi connectivity index (χ0v) is 17.0. The van der Waals surface area contributed by atoms with Crippen molar-refractivity contribution in [2.45, 2.75) is 20.0 Å². The number of alkyl halides is 3. The monoisotopic (exact) mass is 424 g/mol. The van der Waals surface area contributed by atoms with Crippen LogP contribution in [0.1, 0.15) is 27.8 Å². The molecule has 0 aliphatic heterocycles. The molecule has 2 rings (SSSR count). The third kappa shape index (κ3) is 4.96. The minimum Gasteiger partial charge on any atom is -0.369 e. The topological polar surface area (TPSA) is 70.4 Å². The molecule has 0 heterocycles. The van der Waals surface area contributed by atoms with Crippen LogP contribution in [-0.4, -0.2) is 26.8 Å². The number of rotatable bonds is 5. The smallest absolute Gasteiger partial charge is 0.369 e. The van der Waals surface area contributed by atoms with Crippen molar-refractivity contribution in [2.75, 3.05) is 14.1 Å². The molecule has 0 aromatic heterocycles. The second kappa shape index (κ2) is 8.27. The van der Waals surface area contributed by atoms with Crippen molar-refractivity contribution in [1.29, 1.82) is 5.26 Å². The third-order valence-electron chi connectivity index (χ3n) is 4.10. The molecule has 0 aliphatic carbocycles. The zero-order valence-electron chi connectivity index (χ0n) is 16.2. The fourth-order valence-electron chi connectivity index (χ4n) is 2.66. The number of nitrogens with zero attached hydrogens (tertiary/aromatic N) is 2. The van der Waals surface area contributed by atoms with Gasteiger partial charge in [-0.1, -0.05) is 42.0 Å². The van der Waals surface area contributed by atoms with E-state index >= 15 is 0 Å². The molecule has 2 aromatic rings. The van der Waals surface area contributed by atoms with Gasteiger partial charge in [0.05, 0.1) is 5.56 Å². The Labute approximate surface area is 167 Å². The van der Waals surface area contributed by atoms with E-state index < -0.39 is 33.4 Å². The second-order valence-corrected chi connectivity index (χ2v) is 8.25. The Hall–Kier alpha value is -2.83. The molecule has 0 fully saturated rings. The number of halogens is 3. The van der Waals surface area contributed by atoms with E-state index in [2.05, 4.69) is 0 Å². The van der Waals surface area contributed by atoms with Gasteiger partial charge in [-0.3, -0.25) is 0 Å². The Morgan fingerprint density at radius 1 is 1.07 bits per heavy atom. The Morgan fingerprint density at radius 2 is 1.69 bits per heavy atom. The van der Waals surface area contributed by atoms with Crippen molar-refractivity contribution in [3.63, 3.8) is 0 Å². The molecule has 0 unspecified atom stereocenters. The number of benzene rings is 2. The van der Waals surface area contributed by atoms with Crippen LogP contribution >= 0.6 is 0 Å². The molecule has 0 saturated carbocycles. The molecule has 0 radical (unpaired) electrons. The van der Waals surface area contributed by atoms with Gasteiger partial charge in [0.2, 0.25) is 0 Å². The number of nitriles is 1. The lowest BCUT2D eigenvalue weighted by atomic mass is 9.95. The van der Waals surface area contributed by atoms with Crippen LogP contribution in [0.4, 0.5) is 13.2 Å². The Balaban J connectivity index is 2.92. The maximum absolute atomic E-state index is 13.6. The van der Waals surface area contributed by atoms with Crippen molar-refractivity contribution in [1.82, 2.24) is 4.31 Å². The Kier molecular flexibility index (Phi) is 6.40. The summed E-state index contributed by atoms with van der Waals surface area (Å²) in [6.45, 7) is 3.49. The van der Waals surface area contributed by atoms with E-state index in [-0.39, 0.29) is 11.1 Å². The first-order valence-corrected chi connectivity index (χ1v) is 9.75. The highest BCUT2D eigenvalue weighted by molar-refractivity contribution is 7.84. The summed E-state index contributed by atoms with van der Waals surface area (Å²) < 4.78 is 71.2. The molecule has 9 heteroatoms. The fraction of sp³-hybridized carbons (Fsp3) is 0.250. The van der Waals surface area contributed by atoms with E-state index in [1.165, 1.54) is 26.2 Å². The van der Waals surface area contributed by atoms with E-state index in [4.69, 9.17) is 4.18 Å². The zero-order chi connectivity index (χ0) is 22.0. The summed E-state index contributed by atoms with van der Waals surface area (Å²) in [6.07, 6.45) is -4.78. The van der Waals surface area contributed by atoms with E-state index in [0.29, 0.717) is 9.87 Å². The van der Waals surface area contributed by atoms with Crippen molar-refractivity contribution < 1.29 is 25.8 Å². The largest absolute Gasteiger partial charge is 0.417 e. The first kappa shape index (κ1) is 22.5. The highest BCUT2D eigenvalue weighted by atomic mass is 32.2. The highest BCUT2D eigenvalue weighted by Gasteiger charge is 2.36. The van der Waals surface area contributed by atoms with E-state index in [1.54, 1.807) is 25.1 Å². The molecule has 0 bridgehead atoms. The molecule has 0 N–H and O–H groups in total. The lowest BCUT2D eigenvalue weighted by Crippen LogP contribution is -2.25. The lowest BCUT2D eigenvalue weighted by Gasteiger charge is -2.20. The normalized spacial score (nSPS) is 13.1. The van der Waals surface area contributed by atoms with Gasteiger partial charge in [-0.25, -0.2) is 0 Å². The van der Waals surface area contributed by atoms with Crippen LogP contribution < -0.4 is 0 Å². The molecule has 154 valence electrons. The average Bonchev–Trinajstić information content (AvgIpc) is 2.62. The van der Waals surface area contributed by atoms with Crippen LogP contribution in [0.2, 0.25) is 0 Å². The highest BCUT2D eigenvalue weighted by Crippen LogP contribution is 2.39. The summed E-state index contributed by atoms with van der Waals surface area (Å²) >= 11 is 0. The molecule has 2 aromatic carbocycles. The molecular formula is C20H19F3N2O3S. The van der Waals surface area contributed by atoms with Gasteiger partial charge in [0, 0.05) is 19.7 Å². The average molecular weight is 424 g/mol. The number of allylic oxidation sites excluding steroid dienone is 1. The first-order valence-electron chi connectivity index (χ1n) is 8.39. The predicted octanol–water partition coefficient (Wildman–Crippen LogP) is 4.54. The molecule has 0 aliphatic rings. The summed E-state index contributed by atoms with van der Waals surface area (Å²) in [6, 6.07) is 11.1. The van der Waals surface area contributed by atoms with E-state index in [0.717, 1.165) is 17.7 Å². The van der Waals surface area contributed by atoms with Crippen LogP contribution in [-0.2, 0) is 20.7 Å². The summed E-state index contributed by atoms with van der Waals surface area (Å²) in [5.74, 6) is -0.680. The summed E-state index contributed by atoms with van der Waals surface area (Å²) in [5, 5.41) is 9.76. The second-order valence-electron chi connectivity index (χ2n) is 6.50. The minimum atomic E-state index is -4.78. The van der Waals surface area contributed by atoms with Gasteiger partial charge in [-0.2, -0.15) is 31.2 Å². The van der Waals surface area contributed by atoms with Gasteiger partial charge in [0.1, 0.15) is 11.6 Å². The van der Waals surface area contributed by atoms with Crippen molar-refractivity contribution >= 4 is 21.6 Å². The molecule has 0 saturated heterocycles. The molecule has 0 spiro atoms. The standard InChI is InChI=1S/C20H19F3N2O3S/c1-13-9-10-15(14(2)11-13)17(12-24)19(28-29(26,27)25(3)4)16-7-5-6-8-18(16)20(21,22)23/h5-11H,1-4H3. The van der Waals surface area contributed by atoms with Crippen LogP contribution in [0.25, 0.3) is 11.3 Å². The number of hydrogen-bond acceptors (Lipinski definition) is 4. The molecule has 29 heavy (non-hydrogen) atoms. The molecule has 5 nitrogen and oxygen atoms in total. The maximum atomic E-state index is 13.6. The number of aryl methyl sites for hydroxylation is 2. The predicted molar refractivity (Wildman–Crippen MR) is 103 cm³/mol. The summed E-state index contributed by atoms with van der Waals surface area (Å²) in [4.78, 5) is 0. The van der Waals surface area contributed by atoms with Gasteiger partial charge < -0.3 is 4.18 Å². The van der Waals surface area contributed by atoms with Crippen molar-refractivity contribution in [3.05, 3.63) is 70.3 Å².